The number of nitrogens with one attached hydrogen (secondary N) is 1. The van der Waals surface area contributed by atoms with E-state index in [4.69, 9.17) is 4.52 Å². The Morgan fingerprint density at radius 1 is 1.38 bits per heavy atom. The minimum Gasteiger partial charge on any atom is -0.344 e. The Bertz CT molecular complexity index is 538. The predicted molar refractivity (Wildman–Crippen MR) is 72.4 cm³/mol. The van der Waals surface area contributed by atoms with E-state index in [1.165, 1.54) is 4.90 Å². The molecule has 0 aliphatic carbocycles. The summed E-state index contributed by atoms with van der Waals surface area (Å²) in [4.78, 5) is 31.5. The lowest BCUT2D eigenvalue weighted by atomic mass is 10.2. The van der Waals surface area contributed by atoms with Crippen LogP contribution < -0.4 is 5.32 Å². The van der Waals surface area contributed by atoms with Gasteiger partial charge in [0.15, 0.2) is 0 Å². The van der Waals surface area contributed by atoms with E-state index in [-0.39, 0.29) is 30.2 Å². The zero-order valence-electron chi connectivity index (χ0n) is 12.0. The van der Waals surface area contributed by atoms with Gasteiger partial charge in [0.1, 0.15) is 6.54 Å². The summed E-state index contributed by atoms with van der Waals surface area (Å²) in [6.45, 7) is 2.18. The Labute approximate surface area is 122 Å². The van der Waals surface area contributed by atoms with Crippen LogP contribution in [0.3, 0.4) is 0 Å². The van der Waals surface area contributed by atoms with E-state index < -0.39 is 0 Å². The second-order valence-corrected chi connectivity index (χ2v) is 5.50. The molecule has 3 rings (SSSR count). The maximum Gasteiger partial charge on any atom is 0.295 e. The van der Waals surface area contributed by atoms with Gasteiger partial charge in [0, 0.05) is 20.1 Å². The first-order valence-electron chi connectivity index (χ1n) is 7.25. The van der Waals surface area contributed by atoms with Crippen LogP contribution in [0.5, 0.6) is 0 Å². The topological polar surface area (TPSA) is 91.6 Å². The number of aromatic nitrogens is 2. The van der Waals surface area contributed by atoms with Crippen LogP contribution in [0.4, 0.5) is 0 Å². The van der Waals surface area contributed by atoms with Crippen molar-refractivity contribution >= 4 is 11.8 Å². The van der Waals surface area contributed by atoms with E-state index in [1.807, 2.05) is 0 Å². The van der Waals surface area contributed by atoms with E-state index in [2.05, 4.69) is 15.5 Å². The van der Waals surface area contributed by atoms with E-state index in [9.17, 15) is 9.59 Å². The molecular weight excluding hydrogens is 274 g/mol. The lowest BCUT2D eigenvalue weighted by molar-refractivity contribution is -0.129. The first-order chi connectivity index (χ1) is 10.1. The molecule has 1 aromatic rings. The van der Waals surface area contributed by atoms with Crippen LogP contribution in [0, 0.1) is 0 Å². The Balaban J connectivity index is 1.71. The van der Waals surface area contributed by atoms with Gasteiger partial charge >= 0.3 is 0 Å². The fraction of sp³-hybridized carbons (Fsp3) is 0.692. The fourth-order valence-electron chi connectivity index (χ4n) is 2.66. The molecule has 0 saturated carbocycles. The maximum absolute atomic E-state index is 12.4. The Kier molecular flexibility index (Phi) is 3.87. The molecule has 8 heteroatoms. The Morgan fingerprint density at radius 3 is 3.00 bits per heavy atom. The highest BCUT2D eigenvalue weighted by atomic mass is 16.5. The molecule has 0 radical (unpaired) electrons. The zero-order valence-corrected chi connectivity index (χ0v) is 12.0. The first-order valence-corrected chi connectivity index (χ1v) is 7.25. The van der Waals surface area contributed by atoms with Crippen LogP contribution >= 0.6 is 0 Å². The summed E-state index contributed by atoms with van der Waals surface area (Å²) in [5.41, 5.74) is 0. The monoisotopic (exact) mass is 293 g/mol. The third kappa shape index (κ3) is 2.90. The molecule has 1 N–H and O–H groups in total. The molecule has 21 heavy (non-hydrogen) atoms. The lowest BCUT2D eigenvalue weighted by Crippen LogP contribution is -2.38. The van der Waals surface area contributed by atoms with E-state index in [0.717, 1.165) is 25.8 Å². The normalized spacial score (nSPS) is 23.5. The molecule has 2 fully saturated rings. The second kappa shape index (κ2) is 5.80. The summed E-state index contributed by atoms with van der Waals surface area (Å²) in [6, 6.07) is 0.0379. The summed E-state index contributed by atoms with van der Waals surface area (Å²) < 4.78 is 5.17. The number of hydrogen-bond acceptors (Lipinski definition) is 6. The highest BCUT2D eigenvalue weighted by molar-refractivity contribution is 5.93. The van der Waals surface area contributed by atoms with E-state index in [0.29, 0.717) is 19.0 Å². The first kappa shape index (κ1) is 14.0. The third-order valence-corrected chi connectivity index (χ3v) is 3.95. The number of carbonyl (C=O) groups excluding carboxylic acids is 2. The number of likely N-dealkylation sites (N-methyl/N-ethyl adjacent to an activating group) is 1. The van der Waals surface area contributed by atoms with Crippen molar-refractivity contribution in [3.05, 3.63) is 11.7 Å². The van der Waals surface area contributed by atoms with Gasteiger partial charge in [-0.15, -0.1) is 0 Å². The van der Waals surface area contributed by atoms with E-state index >= 15 is 0 Å². The highest BCUT2D eigenvalue weighted by Crippen LogP contribution is 2.21. The third-order valence-electron chi connectivity index (χ3n) is 3.95. The van der Waals surface area contributed by atoms with Crippen LogP contribution in [-0.2, 0) is 4.79 Å². The van der Waals surface area contributed by atoms with Crippen molar-refractivity contribution in [1.82, 2.24) is 25.3 Å². The van der Waals surface area contributed by atoms with Gasteiger partial charge in [-0.2, -0.15) is 4.98 Å². The van der Waals surface area contributed by atoms with Crippen LogP contribution in [0.25, 0.3) is 0 Å². The van der Waals surface area contributed by atoms with Gasteiger partial charge in [0.2, 0.25) is 11.8 Å². The number of carbonyl (C=O) groups is 2. The predicted octanol–water partition coefficient (Wildman–Crippen LogP) is -0.202. The molecule has 2 amide bonds. The van der Waals surface area contributed by atoms with Crippen molar-refractivity contribution in [2.24, 2.45) is 0 Å². The smallest absolute Gasteiger partial charge is 0.295 e. The Hall–Kier alpha value is -1.96. The summed E-state index contributed by atoms with van der Waals surface area (Å²) >= 11 is 0. The van der Waals surface area contributed by atoms with Gasteiger partial charge in [-0.25, -0.2) is 0 Å². The zero-order chi connectivity index (χ0) is 14.8. The second-order valence-electron chi connectivity index (χ2n) is 5.50. The number of nitrogens with zero attached hydrogens (tertiary/aromatic N) is 4. The van der Waals surface area contributed by atoms with Gasteiger partial charge in [0.05, 0.1) is 6.04 Å². The van der Waals surface area contributed by atoms with Crippen molar-refractivity contribution in [2.45, 2.75) is 25.3 Å². The summed E-state index contributed by atoms with van der Waals surface area (Å²) in [7, 11) is 1.74. The molecule has 1 atom stereocenters. The molecule has 1 unspecified atom stereocenters. The van der Waals surface area contributed by atoms with Gasteiger partial charge in [0.25, 0.3) is 11.7 Å². The van der Waals surface area contributed by atoms with Crippen molar-refractivity contribution < 1.29 is 14.1 Å². The molecule has 2 aliphatic rings. The Morgan fingerprint density at radius 2 is 2.24 bits per heavy atom. The molecular formula is C13H19N5O3. The van der Waals surface area contributed by atoms with Crippen molar-refractivity contribution in [3.63, 3.8) is 0 Å². The average Bonchev–Trinajstić information content (AvgIpc) is 3.12. The van der Waals surface area contributed by atoms with Crippen LogP contribution in [0.15, 0.2) is 4.52 Å². The quantitative estimate of drug-likeness (QED) is 0.812. The van der Waals surface area contributed by atoms with Crippen LogP contribution in [0.2, 0.25) is 0 Å². The van der Waals surface area contributed by atoms with Crippen molar-refractivity contribution in [1.29, 1.82) is 0 Å². The summed E-state index contributed by atoms with van der Waals surface area (Å²) in [6.07, 6.45) is 2.75. The average molecular weight is 293 g/mol. The molecule has 0 spiro atoms. The van der Waals surface area contributed by atoms with Crippen LogP contribution in [-0.4, -0.2) is 65.0 Å². The molecule has 114 valence electrons. The van der Waals surface area contributed by atoms with Crippen LogP contribution in [0.1, 0.15) is 41.8 Å². The lowest BCUT2D eigenvalue weighted by Gasteiger charge is -2.17. The van der Waals surface area contributed by atoms with E-state index in [1.54, 1.807) is 11.9 Å². The maximum atomic E-state index is 12.4. The molecule has 0 bridgehead atoms. The van der Waals surface area contributed by atoms with Gasteiger partial charge < -0.3 is 19.6 Å². The molecule has 2 saturated heterocycles. The molecule has 0 aromatic carbocycles. The minimum absolute atomic E-state index is 0.0379. The fourth-order valence-corrected chi connectivity index (χ4v) is 2.66. The summed E-state index contributed by atoms with van der Waals surface area (Å²) in [5, 5.41) is 7.01. The van der Waals surface area contributed by atoms with Crippen molar-refractivity contribution in [2.75, 3.05) is 33.2 Å². The SMILES string of the molecule is CN1CCCN(C(=O)c2noc(C3CCCN3)n2)CC1=O. The van der Waals surface area contributed by atoms with Gasteiger partial charge in [-0.05, 0) is 25.8 Å². The number of hydrogen-bond donors (Lipinski definition) is 1. The molecule has 2 aliphatic heterocycles. The minimum atomic E-state index is -0.341. The van der Waals surface area contributed by atoms with Crippen molar-refractivity contribution in [3.8, 4) is 0 Å². The van der Waals surface area contributed by atoms with Gasteiger partial charge in [-0.1, -0.05) is 5.16 Å². The standard InChI is InChI=1S/C13H19N5O3/c1-17-6-3-7-18(8-10(17)19)13(20)11-15-12(21-16-11)9-4-2-5-14-9/h9,14H,2-8H2,1H3. The molecule has 8 nitrogen and oxygen atoms in total. The molecule has 3 heterocycles. The number of amides is 2. The largest absolute Gasteiger partial charge is 0.344 e. The van der Waals surface area contributed by atoms with Gasteiger partial charge in [-0.3, -0.25) is 9.59 Å². The number of rotatable bonds is 2. The molecule has 1 aromatic heterocycles. The summed E-state index contributed by atoms with van der Waals surface area (Å²) in [5.74, 6) is 0.0823. The highest BCUT2D eigenvalue weighted by Gasteiger charge is 2.29.